The number of imidazole rings is 1. The number of aryl methyl sites for hydroxylation is 1. The van der Waals surface area contributed by atoms with Crippen LogP contribution in [-0.2, 0) is 13.0 Å². The minimum Gasteiger partial charge on any atom is -0.327 e. The van der Waals surface area contributed by atoms with Crippen LogP contribution in [0.15, 0.2) is 36.9 Å². The first-order valence-electron chi connectivity index (χ1n) is 6.12. The number of hydrogen-bond acceptors (Lipinski definition) is 2. The van der Waals surface area contributed by atoms with E-state index < -0.39 is 0 Å². The SMILES string of the molecule is C=CCNCCn1c(CC)nc2ccccc21. The molecule has 0 unspecified atom stereocenters. The predicted octanol–water partition coefficient (Wildman–Crippen LogP) is 2.37. The summed E-state index contributed by atoms with van der Waals surface area (Å²) in [7, 11) is 0. The van der Waals surface area contributed by atoms with Crippen LogP contribution in [0.2, 0.25) is 0 Å². The monoisotopic (exact) mass is 229 g/mol. The fourth-order valence-corrected chi connectivity index (χ4v) is 2.04. The van der Waals surface area contributed by atoms with Gasteiger partial charge in [0.25, 0.3) is 0 Å². The number of nitrogens with zero attached hydrogens (tertiary/aromatic N) is 2. The summed E-state index contributed by atoms with van der Waals surface area (Å²) in [5.74, 6) is 1.16. The molecule has 0 saturated carbocycles. The van der Waals surface area contributed by atoms with Gasteiger partial charge in [0.15, 0.2) is 0 Å². The lowest BCUT2D eigenvalue weighted by atomic mass is 10.3. The second-order valence-electron chi connectivity index (χ2n) is 4.01. The molecule has 0 aliphatic heterocycles. The lowest BCUT2D eigenvalue weighted by Crippen LogP contribution is -2.20. The van der Waals surface area contributed by atoms with Crippen molar-refractivity contribution in [2.45, 2.75) is 19.9 Å². The van der Waals surface area contributed by atoms with Crippen molar-refractivity contribution in [1.82, 2.24) is 14.9 Å². The molecule has 0 bridgehead atoms. The van der Waals surface area contributed by atoms with Crippen LogP contribution < -0.4 is 5.32 Å². The summed E-state index contributed by atoms with van der Waals surface area (Å²) < 4.78 is 2.30. The highest BCUT2D eigenvalue weighted by Gasteiger charge is 2.07. The van der Waals surface area contributed by atoms with Gasteiger partial charge in [-0.3, -0.25) is 0 Å². The van der Waals surface area contributed by atoms with Crippen molar-refractivity contribution < 1.29 is 0 Å². The van der Waals surface area contributed by atoms with Crippen LogP contribution in [0.5, 0.6) is 0 Å². The van der Waals surface area contributed by atoms with Crippen molar-refractivity contribution >= 4 is 11.0 Å². The van der Waals surface area contributed by atoms with Gasteiger partial charge in [-0.2, -0.15) is 0 Å². The number of rotatable bonds is 6. The van der Waals surface area contributed by atoms with E-state index in [9.17, 15) is 0 Å². The highest BCUT2D eigenvalue weighted by Crippen LogP contribution is 2.15. The Bertz CT molecular complexity index is 499. The Morgan fingerprint density at radius 2 is 2.24 bits per heavy atom. The zero-order valence-electron chi connectivity index (χ0n) is 10.3. The van der Waals surface area contributed by atoms with Crippen LogP contribution in [0.3, 0.4) is 0 Å². The molecule has 17 heavy (non-hydrogen) atoms. The summed E-state index contributed by atoms with van der Waals surface area (Å²) in [6, 6.07) is 8.31. The van der Waals surface area contributed by atoms with Crippen molar-refractivity contribution in [3.63, 3.8) is 0 Å². The molecular formula is C14H19N3. The van der Waals surface area contributed by atoms with Crippen molar-refractivity contribution in [3.05, 3.63) is 42.7 Å². The normalized spacial score (nSPS) is 10.9. The number of hydrogen-bond donors (Lipinski definition) is 1. The van der Waals surface area contributed by atoms with Gasteiger partial charge < -0.3 is 9.88 Å². The van der Waals surface area contributed by atoms with Crippen molar-refractivity contribution in [2.75, 3.05) is 13.1 Å². The van der Waals surface area contributed by atoms with E-state index in [1.165, 1.54) is 5.52 Å². The topological polar surface area (TPSA) is 29.9 Å². The van der Waals surface area contributed by atoms with Gasteiger partial charge in [0.05, 0.1) is 11.0 Å². The van der Waals surface area contributed by atoms with Crippen LogP contribution in [-0.4, -0.2) is 22.6 Å². The van der Waals surface area contributed by atoms with Gasteiger partial charge >= 0.3 is 0 Å². The van der Waals surface area contributed by atoms with Crippen LogP contribution in [0.1, 0.15) is 12.7 Å². The summed E-state index contributed by atoms with van der Waals surface area (Å²) in [5, 5.41) is 3.32. The number of para-hydroxylation sites is 2. The second-order valence-corrected chi connectivity index (χ2v) is 4.01. The first kappa shape index (κ1) is 11.9. The summed E-state index contributed by atoms with van der Waals surface area (Å²) >= 11 is 0. The number of nitrogens with one attached hydrogen (secondary N) is 1. The zero-order chi connectivity index (χ0) is 12.1. The molecule has 0 amide bonds. The molecule has 0 saturated heterocycles. The smallest absolute Gasteiger partial charge is 0.109 e. The molecule has 0 aliphatic carbocycles. The molecule has 90 valence electrons. The average molecular weight is 229 g/mol. The molecule has 1 heterocycles. The number of aromatic nitrogens is 2. The van der Waals surface area contributed by atoms with E-state index in [0.717, 1.165) is 37.4 Å². The molecule has 3 nitrogen and oxygen atoms in total. The number of benzene rings is 1. The Morgan fingerprint density at radius 3 is 3.00 bits per heavy atom. The second kappa shape index (κ2) is 5.64. The van der Waals surface area contributed by atoms with Crippen molar-refractivity contribution in [3.8, 4) is 0 Å². The van der Waals surface area contributed by atoms with Gasteiger partial charge in [-0.15, -0.1) is 6.58 Å². The van der Waals surface area contributed by atoms with Gasteiger partial charge in [0, 0.05) is 26.1 Å². The summed E-state index contributed by atoms with van der Waals surface area (Å²) in [4.78, 5) is 4.65. The summed E-state index contributed by atoms with van der Waals surface area (Å²) in [6.07, 6.45) is 2.85. The maximum atomic E-state index is 4.65. The van der Waals surface area contributed by atoms with Gasteiger partial charge in [0.2, 0.25) is 0 Å². The molecule has 2 rings (SSSR count). The Hall–Kier alpha value is -1.61. The van der Waals surface area contributed by atoms with E-state index in [0.29, 0.717) is 0 Å². The van der Waals surface area contributed by atoms with E-state index in [4.69, 9.17) is 0 Å². The fourth-order valence-electron chi connectivity index (χ4n) is 2.04. The zero-order valence-corrected chi connectivity index (χ0v) is 10.3. The summed E-state index contributed by atoms with van der Waals surface area (Å²) in [6.45, 7) is 8.60. The minimum absolute atomic E-state index is 0.855. The van der Waals surface area contributed by atoms with Crippen molar-refractivity contribution in [1.29, 1.82) is 0 Å². The third-order valence-corrected chi connectivity index (χ3v) is 2.85. The first-order chi connectivity index (χ1) is 8.36. The van der Waals surface area contributed by atoms with Gasteiger partial charge in [-0.05, 0) is 12.1 Å². The van der Waals surface area contributed by atoms with Crippen molar-refractivity contribution in [2.24, 2.45) is 0 Å². The van der Waals surface area contributed by atoms with Crippen LogP contribution in [0.4, 0.5) is 0 Å². The highest BCUT2D eigenvalue weighted by atomic mass is 15.1. The molecule has 0 atom stereocenters. The third kappa shape index (κ3) is 2.56. The molecule has 0 spiro atoms. The Morgan fingerprint density at radius 1 is 1.41 bits per heavy atom. The maximum Gasteiger partial charge on any atom is 0.109 e. The molecule has 0 fully saturated rings. The van der Waals surface area contributed by atoms with Gasteiger partial charge in [0.1, 0.15) is 5.82 Å². The van der Waals surface area contributed by atoms with Crippen LogP contribution in [0.25, 0.3) is 11.0 Å². The molecule has 3 heteroatoms. The fraction of sp³-hybridized carbons (Fsp3) is 0.357. The molecule has 1 N–H and O–H groups in total. The van der Waals surface area contributed by atoms with Crippen LogP contribution in [0, 0.1) is 0 Å². The Labute approximate surface area is 102 Å². The highest BCUT2D eigenvalue weighted by molar-refractivity contribution is 5.75. The van der Waals surface area contributed by atoms with E-state index in [2.05, 4.69) is 46.6 Å². The van der Waals surface area contributed by atoms with Crippen LogP contribution >= 0.6 is 0 Å². The minimum atomic E-state index is 0.855. The van der Waals surface area contributed by atoms with E-state index in [1.54, 1.807) is 0 Å². The first-order valence-corrected chi connectivity index (χ1v) is 6.12. The third-order valence-electron chi connectivity index (χ3n) is 2.85. The maximum absolute atomic E-state index is 4.65. The molecule has 0 aliphatic rings. The van der Waals surface area contributed by atoms with E-state index >= 15 is 0 Å². The number of fused-ring (bicyclic) bond motifs is 1. The molecule has 0 radical (unpaired) electrons. The van der Waals surface area contributed by atoms with E-state index in [-0.39, 0.29) is 0 Å². The molecule has 2 aromatic rings. The van der Waals surface area contributed by atoms with Gasteiger partial charge in [-0.1, -0.05) is 25.1 Å². The van der Waals surface area contributed by atoms with E-state index in [1.807, 2.05) is 12.1 Å². The molecule has 1 aromatic heterocycles. The predicted molar refractivity (Wildman–Crippen MR) is 72.2 cm³/mol. The molecular weight excluding hydrogens is 210 g/mol. The Balaban J connectivity index is 2.21. The van der Waals surface area contributed by atoms with Gasteiger partial charge in [-0.25, -0.2) is 4.98 Å². The lowest BCUT2D eigenvalue weighted by molar-refractivity contribution is 0.615. The largest absolute Gasteiger partial charge is 0.327 e. The Kier molecular flexibility index (Phi) is 3.94. The standard InChI is InChI=1S/C14H19N3/c1-3-9-15-10-11-17-13-8-6-5-7-12(13)16-14(17)4-2/h3,5-8,15H,1,4,9-11H2,2H3. The lowest BCUT2D eigenvalue weighted by Gasteiger charge is -2.08. The quantitative estimate of drug-likeness (QED) is 0.609. The summed E-state index contributed by atoms with van der Waals surface area (Å²) in [5.41, 5.74) is 2.32. The molecule has 1 aromatic carbocycles. The average Bonchev–Trinajstić information content (AvgIpc) is 2.73.